The van der Waals surface area contributed by atoms with Gasteiger partial charge in [-0.2, -0.15) is 0 Å². The number of fused-ring (bicyclic) bond motifs is 3. The lowest BCUT2D eigenvalue weighted by molar-refractivity contribution is -0.662. The third kappa shape index (κ3) is 2.97. The van der Waals surface area contributed by atoms with E-state index < -0.39 is 12.0 Å². The molecule has 1 amide bonds. The number of benzene rings is 2. The molecule has 0 spiro atoms. The van der Waals surface area contributed by atoms with E-state index in [2.05, 4.69) is 10.3 Å². The zero-order chi connectivity index (χ0) is 20.9. The first kappa shape index (κ1) is 11.4. The predicted molar refractivity (Wildman–Crippen MR) is 94.3 cm³/mol. The first-order chi connectivity index (χ1) is 13.8. The number of H-pyrrole nitrogens is 1. The molecule has 2 heterocycles. The third-order valence-corrected chi connectivity index (χ3v) is 3.80. The molecule has 7 nitrogen and oxygen atoms in total. The highest BCUT2D eigenvalue weighted by Gasteiger charge is 2.29. The SMILES string of the molecule is [2H]/C(C(=O)N([2H])c1ccc(C)cc1)=C1\c2nn([2H])n[n+]2-c2ccc(Cl)cc2N1[2H]. The molecule has 2 aromatic carbocycles. The molecule has 0 bridgehead atoms. The average molecular weight is 358 g/mol. The summed E-state index contributed by atoms with van der Waals surface area (Å²) in [5.41, 5.74) is 1.70. The molecule has 0 fully saturated rings. The van der Waals surface area contributed by atoms with Gasteiger partial charge in [-0.05, 0) is 42.5 Å². The minimum atomic E-state index is -0.960. The third-order valence-electron chi connectivity index (χ3n) is 3.57. The molecule has 4 rings (SSSR count). The number of aromatic nitrogens is 4. The van der Waals surface area contributed by atoms with Crippen molar-refractivity contribution in [2.75, 3.05) is 10.6 Å². The van der Waals surface area contributed by atoms with Gasteiger partial charge in [-0.25, -0.2) is 0 Å². The summed E-state index contributed by atoms with van der Waals surface area (Å²) in [7, 11) is 0. The number of tetrazole rings is 1. The number of nitrogens with one attached hydrogen (secondary N) is 3. The van der Waals surface area contributed by atoms with Crippen molar-refractivity contribution >= 4 is 34.6 Å². The lowest BCUT2D eigenvalue weighted by atomic mass is 10.2. The van der Waals surface area contributed by atoms with Crippen molar-refractivity contribution in [3.8, 4) is 5.69 Å². The molecule has 25 heavy (non-hydrogen) atoms. The van der Waals surface area contributed by atoms with Crippen molar-refractivity contribution in [2.24, 2.45) is 0 Å². The van der Waals surface area contributed by atoms with Gasteiger partial charge in [0.15, 0.2) is 8.51 Å². The summed E-state index contributed by atoms with van der Waals surface area (Å²) in [5, 5.41) is 10.1. The molecule has 8 heteroatoms. The molecular formula is C17H14ClN6O+. The van der Waals surface area contributed by atoms with Crippen LogP contribution in [0.4, 0.5) is 11.4 Å². The second kappa shape index (κ2) is 6.03. The Morgan fingerprint density at radius 3 is 3.00 bits per heavy atom. The van der Waals surface area contributed by atoms with E-state index in [1.807, 2.05) is 6.92 Å². The van der Waals surface area contributed by atoms with Gasteiger partial charge in [0, 0.05) is 16.8 Å². The first-order valence-corrected chi connectivity index (χ1v) is 7.75. The second-order valence-corrected chi connectivity index (χ2v) is 5.82. The summed E-state index contributed by atoms with van der Waals surface area (Å²) in [5.74, 6) is -1.00. The van der Waals surface area contributed by atoms with E-state index in [-0.39, 0.29) is 22.9 Å². The molecule has 3 N–H and O–H groups in total. The Kier molecular flexibility index (Phi) is 2.74. The van der Waals surface area contributed by atoms with Crippen LogP contribution in [0.5, 0.6) is 0 Å². The minimum absolute atomic E-state index is 0.0412. The maximum absolute atomic E-state index is 12.8. The lowest BCUT2D eigenvalue weighted by Crippen LogP contribution is -2.41. The maximum Gasteiger partial charge on any atom is 0.351 e. The maximum atomic E-state index is 12.8. The number of rotatable bonds is 2. The fourth-order valence-electron chi connectivity index (χ4n) is 2.38. The number of anilines is 2. The van der Waals surface area contributed by atoms with Crippen molar-refractivity contribution in [2.45, 2.75) is 6.92 Å². The summed E-state index contributed by atoms with van der Waals surface area (Å²) in [6.07, 6.45) is 0. The molecule has 0 saturated carbocycles. The molecule has 1 aromatic heterocycles. The van der Waals surface area contributed by atoms with Gasteiger partial charge in [-0.15, -0.1) is 0 Å². The number of hydrogen-bond donors (Lipinski definition) is 3. The van der Waals surface area contributed by atoms with Crippen LogP contribution >= 0.6 is 11.6 Å². The van der Waals surface area contributed by atoms with Crippen LogP contribution < -0.4 is 15.3 Å². The van der Waals surface area contributed by atoms with Crippen molar-refractivity contribution in [1.82, 2.24) is 15.5 Å². The van der Waals surface area contributed by atoms with Crippen LogP contribution in [0, 0.1) is 6.92 Å². The Balaban J connectivity index is 1.85. The van der Waals surface area contributed by atoms with Gasteiger partial charge in [0.25, 0.3) is 5.91 Å². The van der Waals surface area contributed by atoms with E-state index in [4.69, 9.17) is 17.2 Å². The van der Waals surface area contributed by atoms with Crippen LogP contribution in [0.2, 0.25) is 9.26 Å². The number of aromatic amines is 1. The number of halogens is 1. The Bertz CT molecular complexity index is 1160. The highest BCUT2D eigenvalue weighted by Crippen LogP contribution is 2.28. The van der Waals surface area contributed by atoms with Crippen molar-refractivity contribution in [1.29, 1.82) is 0 Å². The first-order valence-electron chi connectivity index (χ1n) is 9.21. The van der Waals surface area contributed by atoms with E-state index in [0.29, 0.717) is 21.2 Å². The number of hydrogen-bond acceptors (Lipinski definition) is 4. The summed E-state index contributed by atoms with van der Waals surface area (Å²) in [6, 6.07) is 10.7. The molecular weight excluding hydrogens is 340 g/mol. The van der Waals surface area contributed by atoms with E-state index in [0.717, 1.165) is 10.9 Å². The van der Waals surface area contributed by atoms with E-state index in [1.54, 1.807) is 36.4 Å². The standard InChI is InChI=1S/C17H13ClN6O/c1-10-2-5-12(6-3-10)19-16(25)9-14-17-21-22-23-24(17)15-7-4-11(18)8-13(15)20-14/h2-9H,1H3,(H2,19,20,25)/p+1/i9D/hD3. The van der Waals surface area contributed by atoms with Gasteiger partial charge in [-0.3, -0.25) is 4.79 Å². The van der Waals surface area contributed by atoms with E-state index >= 15 is 0 Å². The van der Waals surface area contributed by atoms with Gasteiger partial charge in [0.2, 0.25) is 0 Å². The fourth-order valence-corrected chi connectivity index (χ4v) is 2.55. The lowest BCUT2D eigenvalue weighted by Gasteiger charge is -2.16. The number of carbonyl (C=O) groups is 1. The molecule has 1 aliphatic heterocycles. The molecule has 1 aliphatic rings. The van der Waals surface area contributed by atoms with Crippen LogP contribution in [-0.4, -0.2) is 21.4 Å². The topological polar surface area (TPSA) is 86.6 Å². The molecule has 0 saturated heterocycles. The average Bonchev–Trinajstić information content (AvgIpc) is 3.08. The molecule has 0 unspecified atom stereocenters. The molecule has 124 valence electrons. The van der Waals surface area contributed by atoms with E-state index in [9.17, 15) is 4.79 Å². The highest BCUT2D eigenvalue weighted by molar-refractivity contribution is 6.31. The van der Waals surface area contributed by atoms with Crippen LogP contribution in [0.1, 0.15) is 12.8 Å². The zero-order valence-electron chi connectivity index (χ0n) is 17.0. The number of aryl methyl sites for hydroxylation is 1. The Morgan fingerprint density at radius 2 is 2.20 bits per heavy atom. The summed E-state index contributed by atoms with van der Waals surface area (Å²) in [4.78, 5) is 12.8. The smallest absolute Gasteiger partial charge is 0.347 e. The Hall–Kier alpha value is -3.19. The molecule has 3 aromatic rings. The number of amides is 1. The van der Waals surface area contributed by atoms with Crippen LogP contribution in [0.25, 0.3) is 11.4 Å². The van der Waals surface area contributed by atoms with Crippen LogP contribution in [0.15, 0.2) is 48.5 Å². The summed E-state index contributed by atoms with van der Waals surface area (Å²) >= 11 is 6.04. The number of carbonyl (C=O) groups excluding carboxylic acids is 1. The quantitative estimate of drug-likeness (QED) is 0.485. The Labute approximate surface area is 154 Å². The summed E-state index contributed by atoms with van der Waals surface area (Å²) in [6.45, 7) is 1.88. The largest absolute Gasteiger partial charge is 0.351 e. The predicted octanol–water partition coefficient (Wildman–Crippen LogP) is 2.45. The van der Waals surface area contributed by atoms with Crippen molar-refractivity contribution in [3.05, 3.63) is 64.9 Å². The fraction of sp³-hybridized carbons (Fsp3) is 0.0588. The minimum Gasteiger partial charge on any atom is -0.347 e. The van der Waals surface area contributed by atoms with Gasteiger partial charge in [0.1, 0.15) is 5.70 Å². The van der Waals surface area contributed by atoms with Gasteiger partial charge in [-0.1, -0.05) is 34.0 Å². The highest BCUT2D eigenvalue weighted by atomic mass is 35.5. The zero-order valence-corrected chi connectivity index (χ0v) is 13.8. The van der Waals surface area contributed by atoms with Crippen molar-refractivity contribution < 1.29 is 15.1 Å². The normalized spacial score (nSPS) is 16.8. The van der Waals surface area contributed by atoms with Gasteiger partial charge >= 0.3 is 7.24 Å². The van der Waals surface area contributed by atoms with Crippen LogP contribution in [-0.2, 0) is 4.79 Å². The molecule has 0 aliphatic carbocycles. The van der Waals surface area contributed by atoms with Gasteiger partial charge in [0.05, 0.1) is 17.4 Å². The monoisotopic (exact) mass is 357 g/mol. The van der Waals surface area contributed by atoms with Gasteiger partial charge < -0.3 is 10.6 Å². The molecule has 0 atom stereocenters. The number of nitrogens with zero attached hydrogens (tertiary/aromatic N) is 3. The molecule has 0 radical (unpaired) electrons. The summed E-state index contributed by atoms with van der Waals surface area (Å²) < 4.78 is 33.9. The van der Waals surface area contributed by atoms with Crippen molar-refractivity contribution in [3.63, 3.8) is 0 Å². The second-order valence-electron chi connectivity index (χ2n) is 5.39. The van der Waals surface area contributed by atoms with E-state index in [1.165, 1.54) is 10.7 Å². The Morgan fingerprint density at radius 1 is 1.40 bits per heavy atom. The van der Waals surface area contributed by atoms with Crippen LogP contribution in [0.3, 0.4) is 0 Å².